The molecule has 1 aromatic rings. The quantitative estimate of drug-likeness (QED) is 0.597. The zero-order valence-electron chi connectivity index (χ0n) is 6.09. The lowest BCUT2D eigenvalue weighted by Crippen LogP contribution is -2.12. The molecule has 1 aromatic carbocycles. The van der Waals surface area contributed by atoms with Gasteiger partial charge >= 0.3 is 0 Å². The molecule has 7 heteroatoms. The first-order valence-electron chi connectivity index (χ1n) is 2.99. The second-order valence-electron chi connectivity index (χ2n) is 2.25. The van der Waals surface area contributed by atoms with Crippen molar-refractivity contribution in [2.24, 2.45) is 5.14 Å². The third-order valence-corrected chi connectivity index (χ3v) is 4.64. The van der Waals surface area contributed by atoms with Crippen molar-refractivity contribution in [3.05, 3.63) is 26.0 Å². The molecule has 0 atom stereocenters. The maximum atomic E-state index is 13.0. The van der Waals surface area contributed by atoms with Crippen LogP contribution in [0, 0.1) is 9.39 Å². The van der Waals surface area contributed by atoms with E-state index in [1.807, 2.05) is 0 Å². The predicted octanol–water partition coefficient (Wildman–Crippen LogP) is 1.84. The van der Waals surface area contributed by atoms with Crippen LogP contribution in [-0.2, 0) is 10.0 Å². The predicted molar refractivity (Wildman–Crippen MR) is 58.2 cm³/mol. The summed E-state index contributed by atoms with van der Waals surface area (Å²) in [7, 11) is -3.84. The molecule has 0 amide bonds. The molecule has 0 aliphatic rings. The molecule has 0 aromatic heterocycles. The summed E-state index contributed by atoms with van der Waals surface area (Å²) in [5.41, 5.74) is 0. The van der Waals surface area contributed by atoms with E-state index in [2.05, 4.69) is 15.9 Å². The number of rotatable bonds is 1. The Morgan fingerprint density at radius 1 is 1.46 bits per heavy atom. The molecule has 0 heterocycles. The van der Waals surface area contributed by atoms with Gasteiger partial charge in [-0.1, -0.05) is 0 Å². The Morgan fingerprint density at radius 3 is 2.38 bits per heavy atom. The Balaban J connectivity index is 3.47. The molecule has 0 saturated carbocycles. The molecule has 0 unspecified atom stereocenters. The van der Waals surface area contributed by atoms with Crippen LogP contribution in [0.5, 0.6) is 0 Å². The van der Waals surface area contributed by atoms with Crippen molar-refractivity contribution in [3.63, 3.8) is 0 Å². The Morgan fingerprint density at radius 2 is 2.00 bits per heavy atom. The van der Waals surface area contributed by atoms with E-state index < -0.39 is 15.8 Å². The highest BCUT2D eigenvalue weighted by molar-refractivity contribution is 14.1. The average Bonchev–Trinajstić information content (AvgIpc) is 1.97. The average molecular weight is 380 g/mol. The number of benzene rings is 1. The van der Waals surface area contributed by atoms with Gasteiger partial charge in [-0.15, -0.1) is 0 Å². The summed E-state index contributed by atoms with van der Waals surface area (Å²) < 4.78 is 35.4. The number of nitrogens with two attached hydrogens (primary N) is 1. The van der Waals surface area contributed by atoms with Crippen LogP contribution < -0.4 is 5.14 Å². The fraction of sp³-hybridized carbons (Fsp3) is 0. The summed E-state index contributed by atoms with van der Waals surface area (Å²) >= 11 is 4.78. The number of halogens is 3. The van der Waals surface area contributed by atoms with Gasteiger partial charge in [-0.3, -0.25) is 0 Å². The first-order chi connectivity index (χ1) is 5.82. The van der Waals surface area contributed by atoms with E-state index >= 15 is 0 Å². The molecule has 1 rings (SSSR count). The third kappa shape index (κ3) is 2.61. The van der Waals surface area contributed by atoms with Crippen molar-refractivity contribution in [2.45, 2.75) is 4.90 Å². The Hall–Kier alpha value is 0.270. The maximum absolute atomic E-state index is 13.0. The minimum atomic E-state index is -3.84. The van der Waals surface area contributed by atoms with Gasteiger partial charge in [0, 0.05) is 4.47 Å². The second-order valence-corrected chi connectivity index (χ2v) is 5.74. The van der Waals surface area contributed by atoms with Crippen molar-refractivity contribution in [2.75, 3.05) is 0 Å². The normalized spacial score (nSPS) is 11.7. The topological polar surface area (TPSA) is 60.2 Å². The fourth-order valence-electron chi connectivity index (χ4n) is 0.697. The lowest BCUT2D eigenvalue weighted by molar-refractivity contribution is 0.590. The van der Waals surface area contributed by atoms with Crippen molar-refractivity contribution < 1.29 is 12.8 Å². The van der Waals surface area contributed by atoms with Gasteiger partial charge in [0.1, 0.15) is 5.82 Å². The van der Waals surface area contributed by atoms with Gasteiger partial charge in [0.25, 0.3) is 0 Å². The second kappa shape index (κ2) is 3.79. The molecule has 0 spiro atoms. The van der Waals surface area contributed by atoms with E-state index in [4.69, 9.17) is 5.14 Å². The Labute approximate surface area is 96.8 Å². The number of primary sulfonamides is 1. The van der Waals surface area contributed by atoms with Crippen LogP contribution in [0.3, 0.4) is 0 Å². The highest BCUT2D eigenvalue weighted by atomic mass is 127. The highest BCUT2D eigenvalue weighted by Crippen LogP contribution is 2.25. The molecule has 2 N–H and O–H groups in total. The van der Waals surface area contributed by atoms with Crippen molar-refractivity contribution in [1.29, 1.82) is 0 Å². The molecule has 72 valence electrons. The van der Waals surface area contributed by atoms with Crippen LogP contribution in [0.4, 0.5) is 4.39 Å². The van der Waals surface area contributed by atoms with Crippen LogP contribution >= 0.6 is 38.5 Å². The van der Waals surface area contributed by atoms with Gasteiger partial charge in [0.15, 0.2) is 0 Å². The lowest BCUT2D eigenvalue weighted by atomic mass is 10.3. The molecule has 0 fully saturated rings. The van der Waals surface area contributed by atoms with E-state index in [0.29, 0.717) is 8.04 Å². The van der Waals surface area contributed by atoms with E-state index in [1.165, 1.54) is 6.07 Å². The molecular weight excluding hydrogens is 376 g/mol. The van der Waals surface area contributed by atoms with E-state index in [1.54, 1.807) is 22.6 Å². The molecule has 3 nitrogen and oxygen atoms in total. The van der Waals surface area contributed by atoms with Crippen LogP contribution in [-0.4, -0.2) is 8.42 Å². The first kappa shape index (κ1) is 11.3. The summed E-state index contributed by atoms with van der Waals surface area (Å²) in [6.45, 7) is 0. The van der Waals surface area contributed by atoms with Crippen LogP contribution in [0.15, 0.2) is 21.5 Å². The molecule has 13 heavy (non-hydrogen) atoms. The molecule has 0 aliphatic carbocycles. The van der Waals surface area contributed by atoms with Gasteiger partial charge in [-0.2, -0.15) is 0 Å². The van der Waals surface area contributed by atoms with Gasteiger partial charge < -0.3 is 0 Å². The van der Waals surface area contributed by atoms with E-state index in [-0.39, 0.29) is 4.90 Å². The Bertz CT molecular complexity index is 425. The number of hydrogen-bond donors (Lipinski definition) is 1. The van der Waals surface area contributed by atoms with Crippen LogP contribution in [0.1, 0.15) is 0 Å². The van der Waals surface area contributed by atoms with Gasteiger partial charge in [-0.05, 0) is 50.7 Å². The largest absolute Gasteiger partial charge is 0.238 e. The zero-order valence-corrected chi connectivity index (χ0v) is 10.7. The van der Waals surface area contributed by atoms with Gasteiger partial charge in [0.2, 0.25) is 10.0 Å². The smallest absolute Gasteiger partial charge is 0.225 e. The highest BCUT2D eigenvalue weighted by Gasteiger charge is 2.13. The summed E-state index contributed by atoms with van der Waals surface area (Å²) in [4.78, 5) is -0.239. The minimum absolute atomic E-state index is 0.239. The van der Waals surface area contributed by atoms with Crippen LogP contribution in [0.2, 0.25) is 0 Å². The lowest BCUT2D eigenvalue weighted by Gasteiger charge is -2.02. The number of hydrogen-bond acceptors (Lipinski definition) is 2. The van der Waals surface area contributed by atoms with Crippen molar-refractivity contribution >= 4 is 48.5 Å². The van der Waals surface area contributed by atoms with Crippen molar-refractivity contribution in [1.82, 2.24) is 0 Å². The van der Waals surface area contributed by atoms with Gasteiger partial charge in [-0.25, -0.2) is 17.9 Å². The molecule has 0 bridgehead atoms. The maximum Gasteiger partial charge on any atom is 0.238 e. The van der Waals surface area contributed by atoms with E-state index in [0.717, 1.165) is 6.07 Å². The minimum Gasteiger partial charge on any atom is -0.225 e. The monoisotopic (exact) mass is 379 g/mol. The first-order valence-corrected chi connectivity index (χ1v) is 6.41. The Kier molecular flexibility index (Phi) is 3.31. The van der Waals surface area contributed by atoms with Gasteiger partial charge in [0.05, 0.1) is 8.47 Å². The molecule has 0 radical (unpaired) electrons. The van der Waals surface area contributed by atoms with Crippen molar-refractivity contribution in [3.8, 4) is 0 Å². The van der Waals surface area contributed by atoms with Crippen LogP contribution in [0.25, 0.3) is 0 Å². The number of sulfonamides is 1. The third-order valence-electron chi connectivity index (χ3n) is 1.29. The summed E-state index contributed by atoms with van der Waals surface area (Å²) in [6.07, 6.45) is 0. The zero-order chi connectivity index (χ0) is 10.2. The SMILES string of the molecule is NS(=O)(=O)c1cc(F)c(I)c(Br)c1. The standard InChI is InChI=1S/C6H4BrFINO2S/c7-4-1-3(13(10,11)12)2-5(8)6(4)9/h1-2H,(H2,10,11,12). The summed E-state index contributed by atoms with van der Waals surface area (Å²) in [5, 5.41) is 4.83. The van der Waals surface area contributed by atoms with E-state index in [9.17, 15) is 12.8 Å². The summed E-state index contributed by atoms with van der Waals surface area (Å²) in [5.74, 6) is -0.612. The fourth-order valence-corrected chi connectivity index (χ4v) is 2.15. The summed E-state index contributed by atoms with van der Waals surface area (Å²) in [6, 6.07) is 2.15. The molecule has 0 aliphatic heterocycles. The molecule has 0 saturated heterocycles. The molecular formula is C6H4BrFINO2S.